The highest BCUT2D eigenvalue weighted by molar-refractivity contribution is 5.40. The molecule has 0 saturated heterocycles. The molecule has 0 heterocycles. The van der Waals surface area contributed by atoms with Crippen LogP contribution in [0.3, 0.4) is 0 Å². The van der Waals surface area contributed by atoms with E-state index in [2.05, 4.69) is 0 Å². The number of aliphatic hydroxyl groups excluding tert-OH is 1. The summed E-state index contributed by atoms with van der Waals surface area (Å²) in [5.41, 5.74) is 0.743. The number of methoxy groups -OCH3 is 2. The Kier molecular flexibility index (Phi) is 4.93. The first kappa shape index (κ1) is 11.8. The van der Waals surface area contributed by atoms with E-state index in [0.29, 0.717) is 24.7 Å². The third-order valence-corrected chi connectivity index (χ3v) is 1.99. The minimum absolute atomic E-state index is 0.0493. The Bertz CT molecular complexity index is 299. The Morgan fingerprint density at radius 3 is 2.60 bits per heavy atom. The van der Waals surface area contributed by atoms with Crippen LogP contribution in [0.4, 0.5) is 0 Å². The predicted molar refractivity (Wildman–Crippen MR) is 56.3 cm³/mol. The normalized spacial score (nSPS) is 10.1. The van der Waals surface area contributed by atoms with Crippen molar-refractivity contribution in [3.63, 3.8) is 0 Å². The average molecular weight is 212 g/mol. The van der Waals surface area contributed by atoms with E-state index in [-0.39, 0.29) is 6.61 Å². The molecule has 1 N–H and O–H groups in total. The van der Waals surface area contributed by atoms with E-state index in [9.17, 15) is 0 Å². The highest BCUT2D eigenvalue weighted by atomic mass is 16.5. The van der Waals surface area contributed by atoms with Crippen molar-refractivity contribution in [2.45, 2.75) is 6.61 Å². The molecule has 0 aliphatic rings. The second kappa shape index (κ2) is 6.27. The topological polar surface area (TPSA) is 47.9 Å². The molecule has 0 aliphatic carbocycles. The van der Waals surface area contributed by atoms with Gasteiger partial charge < -0.3 is 19.3 Å². The molecule has 0 unspecified atom stereocenters. The molecular weight excluding hydrogens is 196 g/mol. The van der Waals surface area contributed by atoms with E-state index < -0.39 is 0 Å². The first-order valence-corrected chi connectivity index (χ1v) is 4.71. The first-order valence-electron chi connectivity index (χ1n) is 4.71. The summed E-state index contributed by atoms with van der Waals surface area (Å²) in [4.78, 5) is 0. The van der Waals surface area contributed by atoms with E-state index >= 15 is 0 Å². The Morgan fingerprint density at radius 1 is 1.20 bits per heavy atom. The number of aliphatic hydroxyl groups is 1. The molecule has 1 aromatic rings. The summed E-state index contributed by atoms with van der Waals surface area (Å²) in [7, 11) is 3.20. The number of rotatable bonds is 6. The number of hydrogen-bond donors (Lipinski definition) is 1. The van der Waals surface area contributed by atoms with Crippen molar-refractivity contribution in [2.24, 2.45) is 0 Å². The van der Waals surface area contributed by atoms with E-state index in [1.165, 1.54) is 0 Å². The molecule has 0 radical (unpaired) electrons. The summed E-state index contributed by atoms with van der Waals surface area (Å²) < 4.78 is 15.4. The Labute approximate surface area is 89.4 Å². The molecule has 0 amide bonds. The molecule has 0 atom stereocenters. The van der Waals surface area contributed by atoms with Gasteiger partial charge in [0.2, 0.25) is 0 Å². The molecule has 0 bridgehead atoms. The molecule has 1 rings (SSSR count). The van der Waals surface area contributed by atoms with Crippen LogP contribution in [0, 0.1) is 0 Å². The lowest BCUT2D eigenvalue weighted by molar-refractivity contribution is 0.144. The van der Waals surface area contributed by atoms with Gasteiger partial charge in [-0.2, -0.15) is 0 Å². The second-order valence-corrected chi connectivity index (χ2v) is 2.97. The van der Waals surface area contributed by atoms with Crippen LogP contribution in [0.2, 0.25) is 0 Å². The maximum absolute atomic E-state index is 9.09. The van der Waals surface area contributed by atoms with Crippen LogP contribution in [0.15, 0.2) is 18.2 Å². The van der Waals surface area contributed by atoms with Gasteiger partial charge in [-0.05, 0) is 12.1 Å². The molecule has 4 heteroatoms. The molecule has 1 aromatic carbocycles. The van der Waals surface area contributed by atoms with E-state index in [4.69, 9.17) is 19.3 Å². The van der Waals surface area contributed by atoms with Gasteiger partial charge >= 0.3 is 0 Å². The third-order valence-electron chi connectivity index (χ3n) is 1.99. The van der Waals surface area contributed by atoms with Crippen molar-refractivity contribution in [3.8, 4) is 11.5 Å². The van der Waals surface area contributed by atoms with Crippen molar-refractivity contribution in [2.75, 3.05) is 27.4 Å². The van der Waals surface area contributed by atoms with Gasteiger partial charge in [-0.25, -0.2) is 0 Å². The summed E-state index contributed by atoms with van der Waals surface area (Å²) in [5.74, 6) is 1.34. The van der Waals surface area contributed by atoms with Gasteiger partial charge in [-0.1, -0.05) is 0 Å². The molecule has 84 valence electrons. The molecule has 0 aromatic heterocycles. The zero-order valence-corrected chi connectivity index (χ0v) is 9.03. The van der Waals surface area contributed by atoms with Gasteiger partial charge in [0.25, 0.3) is 0 Å². The zero-order valence-electron chi connectivity index (χ0n) is 9.03. The smallest absolute Gasteiger partial charge is 0.128 e. The molecule has 4 nitrogen and oxygen atoms in total. The monoisotopic (exact) mass is 212 g/mol. The Morgan fingerprint density at radius 2 is 2.00 bits per heavy atom. The molecule has 0 saturated carbocycles. The quantitative estimate of drug-likeness (QED) is 0.720. The zero-order chi connectivity index (χ0) is 11.1. The van der Waals surface area contributed by atoms with Crippen molar-refractivity contribution >= 4 is 0 Å². The van der Waals surface area contributed by atoms with E-state index in [1.807, 2.05) is 0 Å². The number of hydrogen-bond acceptors (Lipinski definition) is 4. The lowest BCUT2D eigenvalue weighted by Crippen LogP contribution is -2.06. The van der Waals surface area contributed by atoms with Gasteiger partial charge in [0.05, 0.1) is 20.3 Å². The molecule has 0 spiro atoms. The van der Waals surface area contributed by atoms with Crippen LogP contribution in [-0.4, -0.2) is 32.5 Å². The Hall–Kier alpha value is -1.26. The minimum Gasteiger partial charge on any atom is -0.497 e. The van der Waals surface area contributed by atoms with Crippen LogP contribution < -0.4 is 9.47 Å². The predicted octanol–water partition coefficient (Wildman–Crippen LogP) is 1.21. The van der Waals surface area contributed by atoms with E-state index in [1.54, 1.807) is 32.4 Å². The second-order valence-electron chi connectivity index (χ2n) is 2.97. The van der Waals surface area contributed by atoms with Crippen LogP contribution in [-0.2, 0) is 11.3 Å². The van der Waals surface area contributed by atoms with Crippen LogP contribution in [0.5, 0.6) is 11.5 Å². The van der Waals surface area contributed by atoms with Gasteiger partial charge in [-0.15, -0.1) is 0 Å². The van der Waals surface area contributed by atoms with Crippen LogP contribution >= 0.6 is 0 Å². The maximum atomic E-state index is 9.09. The summed E-state index contributed by atoms with van der Waals surface area (Å²) >= 11 is 0. The fraction of sp³-hybridized carbons (Fsp3) is 0.455. The van der Waals surface area contributed by atoms with Crippen molar-refractivity contribution in [3.05, 3.63) is 23.8 Å². The fourth-order valence-electron chi connectivity index (χ4n) is 1.16. The summed E-state index contributed by atoms with van der Waals surface area (Å²) in [6.45, 7) is 0.922. The standard InChI is InChI=1S/C11H16O4/c1-13-5-6-15-11-7-10(14-2)4-3-9(11)8-12/h3-4,7,12H,5-6,8H2,1-2H3. The van der Waals surface area contributed by atoms with Crippen molar-refractivity contribution in [1.82, 2.24) is 0 Å². The first-order chi connectivity index (χ1) is 7.31. The number of benzene rings is 1. The maximum Gasteiger partial charge on any atom is 0.128 e. The van der Waals surface area contributed by atoms with Gasteiger partial charge in [0.15, 0.2) is 0 Å². The van der Waals surface area contributed by atoms with Gasteiger partial charge in [-0.3, -0.25) is 0 Å². The largest absolute Gasteiger partial charge is 0.497 e. The number of ether oxygens (including phenoxy) is 3. The SMILES string of the molecule is COCCOc1cc(OC)ccc1CO. The highest BCUT2D eigenvalue weighted by Crippen LogP contribution is 2.24. The summed E-state index contributed by atoms with van der Waals surface area (Å²) in [6.07, 6.45) is 0. The van der Waals surface area contributed by atoms with Gasteiger partial charge in [0, 0.05) is 18.7 Å². The average Bonchev–Trinajstić information content (AvgIpc) is 2.29. The lowest BCUT2D eigenvalue weighted by atomic mass is 10.2. The third kappa shape index (κ3) is 3.42. The summed E-state index contributed by atoms with van der Waals surface area (Å²) in [6, 6.07) is 5.32. The van der Waals surface area contributed by atoms with Crippen LogP contribution in [0.1, 0.15) is 5.56 Å². The van der Waals surface area contributed by atoms with Crippen LogP contribution in [0.25, 0.3) is 0 Å². The van der Waals surface area contributed by atoms with Gasteiger partial charge in [0.1, 0.15) is 18.1 Å². The van der Waals surface area contributed by atoms with E-state index in [0.717, 1.165) is 5.56 Å². The van der Waals surface area contributed by atoms with Crippen molar-refractivity contribution in [1.29, 1.82) is 0 Å². The molecule has 0 aliphatic heterocycles. The van der Waals surface area contributed by atoms with Crippen molar-refractivity contribution < 1.29 is 19.3 Å². The molecular formula is C11H16O4. The fourth-order valence-corrected chi connectivity index (χ4v) is 1.16. The molecule has 15 heavy (non-hydrogen) atoms. The highest BCUT2D eigenvalue weighted by Gasteiger charge is 2.04. The Balaban J connectivity index is 2.72. The molecule has 0 fully saturated rings. The minimum atomic E-state index is -0.0493. The summed E-state index contributed by atoms with van der Waals surface area (Å²) in [5, 5.41) is 9.09. The lowest BCUT2D eigenvalue weighted by Gasteiger charge is -2.11.